The molecular formula is C31H40N4O3S. The normalized spacial score (nSPS) is 14.7. The fraction of sp³-hybridized carbons (Fsp3) is 0.484. The molecule has 0 saturated carbocycles. The van der Waals surface area contributed by atoms with Gasteiger partial charge in [-0.1, -0.05) is 19.1 Å². The Kier molecular flexibility index (Phi) is 8.03. The average Bonchev–Trinajstić information content (AvgIpc) is 3.61. The summed E-state index contributed by atoms with van der Waals surface area (Å²) in [5.74, 6) is 1.95. The van der Waals surface area contributed by atoms with Crippen molar-refractivity contribution in [1.29, 1.82) is 0 Å². The smallest absolute Gasteiger partial charge is 0.410 e. The first kappa shape index (κ1) is 27.3. The van der Waals surface area contributed by atoms with Crippen LogP contribution in [0.1, 0.15) is 58.2 Å². The van der Waals surface area contributed by atoms with E-state index in [1.165, 1.54) is 21.5 Å². The number of imidazole rings is 1. The van der Waals surface area contributed by atoms with Crippen LogP contribution >= 0.6 is 11.3 Å². The lowest BCUT2D eigenvalue weighted by Crippen LogP contribution is -2.44. The largest absolute Gasteiger partial charge is 0.490 e. The molecule has 0 spiro atoms. The number of benzene rings is 1. The number of ether oxygens (including phenoxy) is 2. The topological polar surface area (TPSA) is 61.5 Å². The number of aromatic nitrogens is 3. The number of likely N-dealkylation sites (tertiary alicyclic amines) is 1. The zero-order chi connectivity index (χ0) is 27.6. The van der Waals surface area contributed by atoms with Gasteiger partial charge in [0, 0.05) is 45.7 Å². The molecule has 0 atom stereocenters. The molecule has 3 aromatic heterocycles. The van der Waals surface area contributed by atoms with Gasteiger partial charge in [0.1, 0.15) is 17.5 Å². The number of carbonyl (C=O) groups excluding carboxylic acids is 1. The van der Waals surface area contributed by atoms with E-state index in [1.54, 1.807) is 16.2 Å². The number of aryl methyl sites for hydroxylation is 4. The van der Waals surface area contributed by atoms with Crippen molar-refractivity contribution in [2.75, 3.05) is 13.1 Å². The Balaban J connectivity index is 1.13. The van der Waals surface area contributed by atoms with Crippen molar-refractivity contribution in [2.45, 2.75) is 78.0 Å². The van der Waals surface area contributed by atoms with Crippen LogP contribution < -0.4 is 4.74 Å². The highest BCUT2D eigenvalue weighted by molar-refractivity contribution is 7.17. The minimum Gasteiger partial charge on any atom is -0.490 e. The maximum absolute atomic E-state index is 12.3. The predicted molar refractivity (Wildman–Crippen MR) is 158 cm³/mol. The second kappa shape index (κ2) is 11.5. The monoisotopic (exact) mass is 548 g/mol. The molecule has 1 fully saturated rings. The van der Waals surface area contributed by atoms with E-state index in [9.17, 15) is 4.79 Å². The maximum Gasteiger partial charge on any atom is 0.410 e. The molecule has 1 aromatic carbocycles. The minimum atomic E-state index is -0.468. The summed E-state index contributed by atoms with van der Waals surface area (Å²) in [6, 6.07) is 12.9. The third-order valence-electron chi connectivity index (χ3n) is 7.27. The fourth-order valence-electron chi connectivity index (χ4n) is 5.14. The summed E-state index contributed by atoms with van der Waals surface area (Å²) in [5.41, 5.74) is 4.41. The van der Waals surface area contributed by atoms with E-state index in [4.69, 9.17) is 14.5 Å². The molecule has 4 aromatic rings. The molecule has 7 nitrogen and oxygen atoms in total. The Morgan fingerprint density at radius 2 is 1.87 bits per heavy atom. The van der Waals surface area contributed by atoms with Gasteiger partial charge in [-0.2, -0.15) is 0 Å². The predicted octanol–water partition coefficient (Wildman–Crippen LogP) is 7.08. The molecule has 0 radical (unpaired) electrons. The number of thiophene rings is 1. The van der Waals surface area contributed by atoms with Crippen molar-refractivity contribution >= 4 is 27.6 Å². The van der Waals surface area contributed by atoms with E-state index >= 15 is 0 Å². The van der Waals surface area contributed by atoms with E-state index in [0.29, 0.717) is 13.1 Å². The maximum atomic E-state index is 12.3. The van der Waals surface area contributed by atoms with Crippen LogP contribution in [-0.2, 0) is 31.2 Å². The van der Waals surface area contributed by atoms with Gasteiger partial charge in [0.15, 0.2) is 5.82 Å². The molecule has 208 valence electrons. The molecule has 1 amide bonds. The van der Waals surface area contributed by atoms with E-state index in [-0.39, 0.29) is 12.2 Å². The van der Waals surface area contributed by atoms with Crippen LogP contribution in [0.5, 0.6) is 5.75 Å². The summed E-state index contributed by atoms with van der Waals surface area (Å²) in [7, 11) is 2.13. The number of fused-ring (bicyclic) bond motifs is 1. The highest BCUT2D eigenvalue weighted by atomic mass is 32.1. The van der Waals surface area contributed by atoms with E-state index in [2.05, 4.69) is 71.1 Å². The van der Waals surface area contributed by atoms with Crippen LogP contribution in [0.2, 0.25) is 0 Å². The second-order valence-corrected chi connectivity index (χ2v) is 12.3. The highest BCUT2D eigenvalue weighted by Gasteiger charge is 2.27. The zero-order valence-corrected chi connectivity index (χ0v) is 24.6. The van der Waals surface area contributed by atoms with E-state index in [1.807, 2.05) is 20.8 Å². The van der Waals surface area contributed by atoms with Gasteiger partial charge < -0.3 is 23.5 Å². The van der Waals surface area contributed by atoms with Crippen molar-refractivity contribution < 1.29 is 14.3 Å². The number of carbonyl (C=O) groups is 1. The summed E-state index contributed by atoms with van der Waals surface area (Å²) in [6.45, 7) is 10.1. The van der Waals surface area contributed by atoms with Gasteiger partial charge >= 0.3 is 6.09 Å². The molecule has 1 aliphatic heterocycles. The Labute approximate surface area is 235 Å². The molecule has 0 N–H and O–H groups in total. The van der Waals surface area contributed by atoms with Gasteiger partial charge in [0.2, 0.25) is 0 Å². The molecule has 5 rings (SSSR count). The van der Waals surface area contributed by atoms with Crippen molar-refractivity contribution in [3.63, 3.8) is 0 Å². The number of hydrogen-bond donors (Lipinski definition) is 0. The van der Waals surface area contributed by atoms with Crippen molar-refractivity contribution in [2.24, 2.45) is 7.05 Å². The van der Waals surface area contributed by atoms with Gasteiger partial charge in [0.05, 0.1) is 21.6 Å². The number of piperidine rings is 1. The van der Waals surface area contributed by atoms with Gasteiger partial charge in [-0.15, -0.1) is 11.3 Å². The molecule has 1 aliphatic rings. The van der Waals surface area contributed by atoms with Crippen molar-refractivity contribution in [3.8, 4) is 17.3 Å². The quantitative estimate of drug-likeness (QED) is 0.236. The molecule has 1 saturated heterocycles. The number of hydrogen-bond acceptors (Lipinski definition) is 5. The third kappa shape index (κ3) is 6.49. The van der Waals surface area contributed by atoms with Crippen LogP contribution in [-0.4, -0.2) is 49.9 Å². The SMILES string of the molecule is CCc1cn(CCCc2ccc(OC3CCN(C(=O)OC(C)(C)C)CC3)cc2)c(-c2cc3sccc3n2C)n1. The number of nitrogens with zero attached hydrogens (tertiary/aromatic N) is 4. The fourth-order valence-corrected chi connectivity index (χ4v) is 5.99. The van der Waals surface area contributed by atoms with Crippen LogP contribution in [0.25, 0.3) is 21.7 Å². The summed E-state index contributed by atoms with van der Waals surface area (Å²) in [4.78, 5) is 19.0. The Bertz CT molecular complexity index is 1400. The van der Waals surface area contributed by atoms with Crippen LogP contribution in [0.3, 0.4) is 0 Å². The molecule has 8 heteroatoms. The first-order chi connectivity index (χ1) is 18.7. The third-order valence-corrected chi connectivity index (χ3v) is 8.12. The second-order valence-electron chi connectivity index (χ2n) is 11.4. The number of amides is 1. The summed E-state index contributed by atoms with van der Waals surface area (Å²) in [5, 5.41) is 2.14. The molecule has 0 unspecified atom stereocenters. The Morgan fingerprint density at radius 1 is 1.13 bits per heavy atom. The number of rotatable bonds is 8. The summed E-state index contributed by atoms with van der Waals surface area (Å²) >= 11 is 1.78. The first-order valence-electron chi connectivity index (χ1n) is 14.0. The lowest BCUT2D eigenvalue weighted by molar-refractivity contribution is 0.0126. The standard InChI is InChI=1S/C31H40N4O3S/c1-6-23-21-35(29(32-23)27-20-28-26(33(27)5)15-19-39-28)16-7-8-22-9-11-24(12-10-22)37-25-13-17-34(18-14-25)30(36)38-31(2,3)4/h9-12,15,19-21,25H,6-8,13-14,16-18H2,1-5H3. The van der Waals surface area contributed by atoms with Gasteiger partial charge in [-0.3, -0.25) is 0 Å². The highest BCUT2D eigenvalue weighted by Crippen LogP contribution is 2.30. The van der Waals surface area contributed by atoms with Gasteiger partial charge in [-0.25, -0.2) is 9.78 Å². The first-order valence-corrected chi connectivity index (χ1v) is 14.9. The molecule has 4 heterocycles. The Morgan fingerprint density at radius 3 is 2.54 bits per heavy atom. The van der Waals surface area contributed by atoms with Crippen LogP contribution in [0.15, 0.2) is 48.0 Å². The van der Waals surface area contributed by atoms with Gasteiger partial charge in [-0.05, 0) is 75.2 Å². The molecule has 0 bridgehead atoms. The summed E-state index contributed by atoms with van der Waals surface area (Å²) in [6.07, 6.45) is 6.68. The van der Waals surface area contributed by atoms with Gasteiger partial charge in [0.25, 0.3) is 0 Å². The van der Waals surface area contributed by atoms with Crippen molar-refractivity contribution in [3.05, 3.63) is 59.2 Å². The van der Waals surface area contributed by atoms with Crippen molar-refractivity contribution in [1.82, 2.24) is 19.0 Å². The van der Waals surface area contributed by atoms with Crippen LogP contribution in [0, 0.1) is 0 Å². The molecule has 39 heavy (non-hydrogen) atoms. The summed E-state index contributed by atoms with van der Waals surface area (Å²) < 4.78 is 17.6. The molecule has 0 aliphatic carbocycles. The minimum absolute atomic E-state index is 0.120. The molecular weight excluding hydrogens is 508 g/mol. The average molecular weight is 549 g/mol. The Hall–Kier alpha value is -3.26. The zero-order valence-electron chi connectivity index (χ0n) is 23.8. The van der Waals surface area contributed by atoms with Crippen LogP contribution in [0.4, 0.5) is 4.79 Å². The van der Waals surface area contributed by atoms with E-state index in [0.717, 1.165) is 55.9 Å². The lowest BCUT2D eigenvalue weighted by Gasteiger charge is -2.33. The lowest BCUT2D eigenvalue weighted by atomic mass is 10.1. The van der Waals surface area contributed by atoms with E-state index < -0.39 is 5.60 Å².